The second kappa shape index (κ2) is 7.75. The summed E-state index contributed by atoms with van der Waals surface area (Å²) in [7, 11) is 0. The summed E-state index contributed by atoms with van der Waals surface area (Å²) in [6.45, 7) is 6.41. The number of hydrogen-bond acceptors (Lipinski definition) is 1. The molecule has 0 atom stereocenters. The predicted octanol–water partition coefficient (Wildman–Crippen LogP) is 4.42. The lowest BCUT2D eigenvalue weighted by Crippen LogP contribution is -1.88. The van der Waals surface area contributed by atoms with Crippen LogP contribution in [0.5, 0.6) is 0 Å². The average Bonchev–Trinajstić information content (AvgIpc) is 2.35. The van der Waals surface area contributed by atoms with Crippen molar-refractivity contribution < 1.29 is 4.74 Å². The van der Waals surface area contributed by atoms with Gasteiger partial charge in [-0.15, -0.1) is 0 Å². The molecule has 1 rings (SSSR count). The molecule has 1 heteroatoms. The van der Waals surface area contributed by atoms with E-state index in [9.17, 15) is 0 Å². The molecular weight excluding hydrogens is 196 g/mol. The summed E-state index contributed by atoms with van der Waals surface area (Å²) in [5.41, 5.74) is 2.52. The van der Waals surface area contributed by atoms with Gasteiger partial charge in [0.1, 0.15) is 6.61 Å². The van der Waals surface area contributed by atoms with Gasteiger partial charge in [-0.3, -0.25) is 0 Å². The quantitative estimate of drug-likeness (QED) is 0.372. The third-order valence-corrected chi connectivity index (χ3v) is 2.38. The highest BCUT2D eigenvalue weighted by Crippen LogP contribution is 2.20. The summed E-state index contributed by atoms with van der Waals surface area (Å²) >= 11 is 0. The van der Waals surface area contributed by atoms with Crippen molar-refractivity contribution in [2.75, 3.05) is 6.61 Å². The molecule has 0 saturated carbocycles. The molecule has 0 unspecified atom stereocenters. The molecule has 1 nitrogen and oxygen atoms in total. The van der Waals surface area contributed by atoms with Crippen LogP contribution in [0.15, 0.2) is 49.2 Å². The molecule has 0 saturated heterocycles. The number of benzene rings is 1. The van der Waals surface area contributed by atoms with Gasteiger partial charge in [-0.2, -0.15) is 0 Å². The van der Waals surface area contributed by atoms with Gasteiger partial charge >= 0.3 is 0 Å². The Morgan fingerprint density at radius 1 is 1.31 bits per heavy atom. The summed E-state index contributed by atoms with van der Waals surface area (Å²) in [4.78, 5) is 0. The van der Waals surface area contributed by atoms with E-state index in [0.29, 0.717) is 6.61 Å². The number of hydrogen-bond donors (Lipinski definition) is 0. The van der Waals surface area contributed by atoms with Crippen LogP contribution in [-0.4, -0.2) is 6.61 Å². The topological polar surface area (TPSA) is 9.23 Å². The molecule has 1 aromatic rings. The molecule has 0 radical (unpaired) electrons. The Hall–Kier alpha value is -1.50. The Kier molecular flexibility index (Phi) is 6.09. The van der Waals surface area contributed by atoms with Crippen LogP contribution in [0.4, 0.5) is 0 Å². The van der Waals surface area contributed by atoms with E-state index < -0.39 is 0 Å². The minimum absolute atomic E-state index is 0.572. The van der Waals surface area contributed by atoms with Crippen molar-refractivity contribution in [3.63, 3.8) is 0 Å². The first kappa shape index (κ1) is 12.6. The fraction of sp³-hybridized carbons (Fsp3) is 0.333. The van der Waals surface area contributed by atoms with Crippen molar-refractivity contribution in [3.8, 4) is 0 Å². The largest absolute Gasteiger partial charge is 0.497 e. The first-order chi connectivity index (χ1) is 7.88. The second-order valence-electron chi connectivity index (χ2n) is 3.73. The van der Waals surface area contributed by atoms with E-state index in [4.69, 9.17) is 4.74 Å². The fourth-order valence-electron chi connectivity index (χ4n) is 1.51. The van der Waals surface area contributed by atoms with Gasteiger partial charge in [0.15, 0.2) is 0 Å². The first-order valence-corrected chi connectivity index (χ1v) is 5.85. The highest BCUT2D eigenvalue weighted by atomic mass is 16.5. The SMILES string of the molecule is C=CCO/C=C(\CCCC)c1ccccc1. The number of unbranched alkanes of at least 4 members (excludes halogenated alkanes) is 1. The van der Waals surface area contributed by atoms with Crippen LogP contribution in [0.25, 0.3) is 5.57 Å². The lowest BCUT2D eigenvalue weighted by molar-refractivity contribution is 0.290. The Bertz CT molecular complexity index is 325. The molecule has 0 aliphatic rings. The fourth-order valence-corrected chi connectivity index (χ4v) is 1.51. The van der Waals surface area contributed by atoms with Gasteiger partial charge in [0.05, 0.1) is 6.26 Å². The molecule has 0 aromatic heterocycles. The summed E-state index contributed by atoms with van der Waals surface area (Å²) in [6, 6.07) is 10.4. The van der Waals surface area contributed by atoms with E-state index in [1.54, 1.807) is 6.08 Å². The van der Waals surface area contributed by atoms with Crippen LogP contribution < -0.4 is 0 Å². The summed E-state index contributed by atoms with van der Waals surface area (Å²) < 4.78 is 5.42. The van der Waals surface area contributed by atoms with Gasteiger partial charge in [-0.25, -0.2) is 0 Å². The predicted molar refractivity (Wildman–Crippen MR) is 70.1 cm³/mol. The van der Waals surface area contributed by atoms with Gasteiger partial charge in [0, 0.05) is 0 Å². The van der Waals surface area contributed by atoms with Crippen LogP contribution in [0, 0.1) is 0 Å². The van der Waals surface area contributed by atoms with Gasteiger partial charge < -0.3 is 4.74 Å². The molecule has 0 amide bonds. The molecule has 0 aliphatic heterocycles. The number of rotatable bonds is 7. The molecule has 0 aliphatic carbocycles. The normalized spacial score (nSPS) is 11.2. The van der Waals surface area contributed by atoms with Crippen molar-refractivity contribution in [2.45, 2.75) is 26.2 Å². The van der Waals surface area contributed by atoms with Gasteiger partial charge in [0.25, 0.3) is 0 Å². The monoisotopic (exact) mass is 216 g/mol. The van der Waals surface area contributed by atoms with Crippen molar-refractivity contribution >= 4 is 5.57 Å². The van der Waals surface area contributed by atoms with E-state index in [2.05, 4.69) is 37.8 Å². The molecule has 0 spiro atoms. The zero-order valence-corrected chi connectivity index (χ0v) is 9.99. The second-order valence-corrected chi connectivity index (χ2v) is 3.73. The van der Waals surface area contributed by atoms with Crippen molar-refractivity contribution in [3.05, 3.63) is 54.8 Å². The van der Waals surface area contributed by atoms with E-state index >= 15 is 0 Å². The molecule has 0 fully saturated rings. The number of ether oxygens (including phenoxy) is 1. The lowest BCUT2D eigenvalue weighted by Gasteiger charge is -2.07. The zero-order chi connectivity index (χ0) is 11.6. The maximum Gasteiger partial charge on any atom is 0.105 e. The molecule has 1 aromatic carbocycles. The molecule has 0 heterocycles. The third-order valence-electron chi connectivity index (χ3n) is 2.38. The van der Waals surface area contributed by atoms with E-state index in [1.165, 1.54) is 24.0 Å². The zero-order valence-electron chi connectivity index (χ0n) is 9.99. The van der Waals surface area contributed by atoms with Crippen molar-refractivity contribution in [1.82, 2.24) is 0 Å². The number of allylic oxidation sites excluding steroid dienone is 1. The standard InChI is InChI=1S/C15H20O/c1-3-5-9-15(13-16-12-4-2)14-10-7-6-8-11-14/h4,6-8,10-11,13H,2-3,5,9,12H2,1H3/b15-13+. The van der Waals surface area contributed by atoms with E-state index in [0.717, 1.165) is 6.42 Å². The Labute approximate surface area is 98.5 Å². The lowest BCUT2D eigenvalue weighted by atomic mass is 10.0. The van der Waals surface area contributed by atoms with Gasteiger partial charge in [0.2, 0.25) is 0 Å². The Morgan fingerprint density at radius 2 is 2.06 bits per heavy atom. The first-order valence-electron chi connectivity index (χ1n) is 5.85. The molecule has 0 bridgehead atoms. The molecule has 0 N–H and O–H groups in total. The maximum atomic E-state index is 5.42. The summed E-state index contributed by atoms with van der Waals surface area (Å²) in [6.07, 6.45) is 7.09. The van der Waals surface area contributed by atoms with Gasteiger partial charge in [-0.05, 0) is 24.0 Å². The molecular formula is C15H20O. The summed E-state index contributed by atoms with van der Waals surface area (Å²) in [5, 5.41) is 0. The van der Waals surface area contributed by atoms with Crippen LogP contribution in [0.2, 0.25) is 0 Å². The van der Waals surface area contributed by atoms with Crippen LogP contribution in [0.3, 0.4) is 0 Å². The van der Waals surface area contributed by atoms with Crippen LogP contribution in [-0.2, 0) is 4.74 Å². The Morgan fingerprint density at radius 3 is 2.69 bits per heavy atom. The van der Waals surface area contributed by atoms with Crippen molar-refractivity contribution in [1.29, 1.82) is 0 Å². The smallest absolute Gasteiger partial charge is 0.105 e. The van der Waals surface area contributed by atoms with Crippen molar-refractivity contribution in [2.24, 2.45) is 0 Å². The molecule has 16 heavy (non-hydrogen) atoms. The molecule has 86 valence electrons. The highest BCUT2D eigenvalue weighted by Gasteiger charge is 2.00. The average molecular weight is 216 g/mol. The third kappa shape index (κ3) is 4.35. The Balaban J connectivity index is 2.70. The highest BCUT2D eigenvalue weighted by molar-refractivity contribution is 5.64. The van der Waals surface area contributed by atoms with E-state index in [-0.39, 0.29) is 0 Å². The van der Waals surface area contributed by atoms with E-state index in [1.807, 2.05) is 12.3 Å². The summed E-state index contributed by atoms with van der Waals surface area (Å²) in [5.74, 6) is 0. The minimum atomic E-state index is 0.572. The van der Waals surface area contributed by atoms with Crippen LogP contribution in [0.1, 0.15) is 31.7 Å². The minimum Gasteiger partial charge on any atom is -0.497 e. The van der Waals surface area contributed by atoms with Crippen LogP contribution >= 0.6 is 0 Å². The maximum absolute atomic E-state index is 5.42. The van der Waals surface area contributed by atoms with Gasteiger partial charge in [-0.1, -0.05) is 56.3 Å².